The Morgan fingerprint density at radius 1 is 0.960 bits per heavy atom. The minimum atomic E-state index is -3.03. The lowest BCUT2D eigenvalue weighted by molar-refractivity contribution is -0.532. The maximum atomic E-state index is 12.0. The standard InChI is InChI=1S/C12H12N4O9/c1-4(17)7-9(14(20)21)8(5(2)18)11(16(24)25)12(13,6(3)19)10(7)15(22)23/h10H,13H2,1-3H3. The van der Waals surface area contributed by atoms with Gasteiger partial charge in [0.2, 0.25) is 5.54 Å². The fourth-order valence-corrected chi connectivity index (χ4v) is 2.70. The van der Waals surface area contributed by atoms with Gasteiger partial charge in [0.15, 0.2) is 22.9 Å². The SMILES string of the molecule is CC(=O)C1=C([N+](=O)[O-])C(N)(C(C)=O)C([N+](=O)[O-])C(C(C)=O)=C1[N+](=O)[O-]. The molecule has 0 bridgehead atoms. The number of allylic oxidation sites excluding steroid dienone is 1. The quantitative estimate of drug-likeness (QED) is 0.461. The molecule has 25 heavy (non-hydrogen) atoms. The van der Waals surface area contributed by atoms with Gasteiger partial charge in [0.25, 0.3) is 11.7 Å². The van der Waals surface area contributed by atoms with Crippen molar-refractivity contribution in [3.63, 3.8) is 0 Å². The zero-order chi connectivity index (χ0) is 19.9. The van der Waals surface area contributed by atoms with Gasteiger partial charge < -0.3 is 5.73 Å². The molecule has 134 valence electrons. The number of rotatable bonds is 6. The van der Waals surface area contributed by atoms with Gasteiger partial charge in [-0.05, 0) is 20.8 Å². The predicted molar refractivity (Wildman–Crippen MR) is 77.8 cm³/mol. The van der Waals surface area contributed by atoms with Crippen LogP contribution >= 0.6 is 0 Å². The van der Waals surface area contributed by atoms with Gasteiger partial charge in [-0.25, -0.2) is 0 Å². The Morgan fingerprint density at radius 3 is 1.68 bits per heavy atom. The van der Waals surface area contributed by atoms with E-state index in [1.165, 1.54) is 0 Å². The zero-order valence-corrected chi connectivity index (χ0v) is 13.2. The normalized spacial score (nSPS) is 23.3. The topological polar surface area (TPSA) is 207 Å². The lowest BCUT2D eigenvalue weighted by Gasteiger charge is -2.30. The van der Waals surface area contributed by atoms with Crippen LogP contribution in [0.3, 0.4) is 0 Å². The average molecular weight is 356 g/mol. The van der Waals surface area contributed by atoms with Crippen LogP contribution in [0.15, 0.2) is 22.5 Å². The molecule has 0 heterocycles. The summed E-state index contributed by atoms with van der Waals surface area (Å²) >= 11 is 0. The molecule has 13 nitrogen and oxygen atoms in total. The van der Waals surface area contributed by atoms with Crippen LogP contribution in [0.4, 0.5) is 0 Å². The summed E-state index contributed by atoms with van der Waals surface area (Å²) in [4.78, 5) is 65.9. The molecule has 0 aromatic carbocycles. The fraction of sp³-hybridized carbons (Fsp3) is 0.417. The van der Waals surface area contributed by atoms with Gasteiger partial charge in [-0.15, -0.1) is 0 Å². The van der Waals surface area contributed by atoms with E-state index in [2.05, 4.69) is 0 Å². The maximum Gasteiger partial charge on any atom is 0.300 e. The Kier molecular flexibility index (Phi) is 4.94. The number of nitro groups is 3. The van der Waals surface area contributed by atoms with E-state index in [4.69, 9.17) is 5.73 Å². The number of hydrogen-bond acceptors (Lipinski definition) is 10. The minimum Gasteiger partial charge on any atom is -0.304 e. The van der Waals surface area contributed by atoms with E-state index in [9.17, 15) is 44.7 Å². The minimum absolute atomic E-state index is 0.687. The van der Waals surface area contributed by atoms with Gasteiger partial charge in [-0.3, -0.25) is 44.7 Å². The second-order valence-corrected chi connectivity index (χ2v) is 5.23. The summed E-state index contributed by atoms with van der Waals surface area (Å²) < 4.78 is 0. The van der Waals surface area contributed by atoms with E-state index in [0.29, 0.717) is 13.8 Å². The predicted octanol–water partition coefficient (Wildman–Crippen LogP) is -0.829. The van der Waals surface area contributed by atoms with Gasteiger partial charge in [0.1, 0.15) is 5.57 Å². The molecule has 2 atom stereocenters. The first kappa shape index (κ1) is 19.7. The van der Waals surface area contributed by atoms with Crippen molar-refractivity contribution in [1.29, 1.82) is 0 Å². The van der Waals surface area contributed by atoms with Crippen molar-refractivity contribution in [1.82, 2.24) is 0 Å². The zero-order valence-electron chi connectivity index (χ0n) is 13.2. The van der Waals surface area contributed by atoms with Crippen molar-refractivity contribution < 1.29 is 29.2 Å². The Morgan fingerprint density at radius 2 is 1.44 bits per heavy atom. The Labute approximate surface area is 138 Å². The van der Waals surface area contributed by atoms with Crippen molar-refractivity contribution in [3.05, 3.63) is 52.9 Å². The number of Topliss-reactive ketones (excluding diaryl/α,β-unsaturated/α-hetero) is 3. The first-order chi connectivity index (χ1) is 11.3. The fourth-order valence-electron chi connectivity index (χ4n) is 2.70. The molecule has 2 N–H and O–H groups in total. The van der Waals surface area contributed by atoms with Gasteiger partial charge in [0.05, 0.1) is 9.85 Å². The van der Waals surface area contributed by atoms with E-state index in [-0.39, 0.29) is 0 Å². The van der Waals surface area contributed by atoms with Crippen molar-refractivity contribution in [2.24, 2.45) is 5.73 Å². The monoisotopic (exact) mass is 356 g/mol. The highest BCUT2D eigenvalue weighted by atomic mass is 16.6. The van der Waals surface area contributed by atoms with Crippen LogP contribution in [0.25, 0.3) is 0 Å². The number of ketones is 3. The molecule has 0 radical (unpaired) electrons. The number of hydrogen-bond donors (Lipinski definition) is 1. The third-order valence-corrected chi connectivity index (χ3v) is 3.72. The van der Waals surface area contributed by atoms with E-state index in [1.54, 1.807) is 0 Å². The summed E-state index contributed by atoms with van der Waals surface area (Å²) in [6.07, 6.45) is 0. The number of carbonyl (C=O) groups excluding carboxylic acids is 3. The van der Waals surface area contributed by atoms with Gasteiger partial charge in [-0.1, -0.05) is 0 Å². The van der Waals surface area contributed by atoms with Gasteiger partial charge >= 0.3 is 5.70 Å². The second-order valence-electron chi connectivity index (χ2n) is 5.23. The Bertz CT molecular complexity index is 809. The molecule has 0 spiro atoms. The molecule has 0 aromatic rings. The number of nitrogens with zero attached hydrogens (tertiary/aromatic N) is 3. The summed E-state index contributed by atoms with van der Waals surface area (Å²) in [6.45, 7) is 2.13. The van der Waals surface area contributed by atoms with Crippen LogP contribution in [-0.2, 0) is 14.4 Å². The molecule has 1 aliphatic carbocycles. The van der Waals surface area contributed by atoms with Crippen LogP contribution in [0.5, 0.6) is 0 Å². The third-order valence-electron chi connectivity index (χ3n) is 3.72. The highest BCUT2D eigenvalue weighted by Gasteiger charge is 2.67. The summed E-state index contributed by atoms with van der Waals surface area (Å²) in [7, 11) is 0. The molecule has 0 amide bonds. The largest absolute Gasteiger partial charge is 0.304 e. The highest BCUT2D eigenvalue weighted by molar-refractivity contribution is 6.07. The Balaban J connectivity index is 4.32. The molecule has 2 unspecified atom stereocenters. The van der Waals surface area contributed by atoms with Crippen LogP contribution in [0.1, 0.15) is 20.8 Å². The molecule has 0 aliphatic heterocycles. The molecule has 0 aromatic heterocycles. The molecular weight excluding hydrogens is 344 g/mol. The van der Waals surface area contributed by atoms with E-state index in [1.807, 2.05) is 0 Å². The molecule has 13 heteroatoms. The van der Waals surface area contributed by atoms with Crippen LogP contribution in [-0.4, -0.2) is 43.7 Å². The summed E-state index contributed by atoms with van der Waals surface area (Å²) in [5.41, 5.74) is -2.61. The molecule has 0 fully saturated rings. The van der Waals surface area contributed by atoms with Crippen molar-refractivity contribution in [2.45, 2.75) is 32.4 Å². The van der Waals surface area contributed by atoms with Crippen LogP contribution in [0, 0.1) is 30.3 Å². The van der Waals surface area contributed by atoms with Crippen molar-refractivity contribution in [2.75, 3.05) is 0 Å². The van der Waals surface area contributed by atoms with E-state index in [0.717, 1.165) is 6.92 Å². The van der Waals surface area contributed by atoms with Gasteiger partial charge in [-0.2, -0.15) is 0 Å². The lowest BCUT2D eigenvalue weighted by atomic mass is 9.71. The van der Waals surface area contributed by atoms with Crippen molar-refractivity contribution in [3.8, 4) is 0 Å². The average Bonchev–Trinajstić information content (AvgIpc) is 2.43. The first-order valence-electron chi connectivity index (χ1n) is 6.53. The number of carbonyl (C=O) groups is 3. The van der Waals surface area contributed by atoms with E-state index >= 15 is 0 Å². The van der Waals surface area contributed by atoms with Crippen LogP contribution in [0.2, 0.25) is 0 Å². The summed E-state index contributed by atoms with van der Waals surface area (Å²) in [6, 6.07) is -2.59. The lowest BCUT2D eigenvalue weighted by Crippen LogP contribution is -2.65. The molecule has 0 saturated carbocycles. The molecule has 1 aliphatic rings. The van der Waals surface area contributed by atoms with Crippen molar-refractivity contribution >= 4 is 17.3 Å². The number of nitrogens with two attached hydrogens (primary N) is 1. The Hall–Kier alpha value is -3.35. The summed E-state index contributed by atoms with van der Waals surface area (Å²) in [5, 5.41) is 34.2. The molecule has 1 rings (SSSR count). The maximum absolute atomic E-state index is 12.0. The van der Waals surface area contributed by atoms with Gasteiger partial charge in [0, 0.05) is 4.92 Å². The third kappa shape index (κ3) is 2.80. The van der Waals surface area contributed by atoms with Crippen LogP contribution < -0.4 is 5.73 Å². The smallest absolute Gasteiger partial charge is 0.300 e. The molecule has 0 saturated heterocycles. The first-order valence-corrected chi connectivity index (χ1v) is 6.53. The summed E-state index contributed by atoms with van der Waals surface area (Å²) in [5.74, 6) is -3.76. The highest BCUT2D eigenvalue weighted by Crippen LogP contribution is 2.39. The van der Waals surface area contributed by atoms with E-state index < -0.39 is 66.2 Å². The molecular formula is C12H12N4O9. The second kappa shape index (κ2) is 6.27.